The summed E-state index contributed by atoms with van der Waals surface area (Å²) in [6.45, 7) is 0. The van der Waals surface area contributed by atoms with Crippen LogP contribution in [0.1, 0.15) is 25.7 Å². The lowest BCUT2D eigenvalue weighted by molar-refractivity contribution is -0.120. The van der Waals surface area contributed by atoms with Crippen LogP contribution in [-0.2, 0) is 4.79 Å². The second kappa shape index (κ2) is 5.10. The smallest absolute Gasteiger partial charge is 0.196 e. The van der Waals surface area contributed by atoms with Gasteiger partial charge in [-0.1, -0.05) is 30.7 Å². The topological polar surface area (TPSA) is 47.3 Å². The summed E-state index contributed by atoms with van der Waals surface area (Å²) in [6, 6.07) is 5.79. The number of carbonyl (C=O) groups is 1. The Morgan fingerprint density at radius 1 is 1.33 bits per heavy atom. The van der Waals surface area contributed by atoms with Crippen molar-refractivity contribution in [3.8, 4) is 0 Å². The second-order valence-corrected chi connectivity index (χ2v) is 5.59. The van der Waals surface area contributed by atoms with Crippen LogP contribution in [0.5, 0.6) is 0 Å². The fourth-order valence-electron chi connectivity index (χ4n) is 2.42. The zero-order valence-electron chi connectivity index (χ0n) is 10.1. The summed E-state index contributed by atoms with van der Waals surface area (Å²) in [5.74, 6) is 1.17. The lowest BCUT2D eigenvalue weighted by Crippen LogP contribution is -2.13. The van der Waals surface area contributed by atoms with Gasteiger partial charge in [-0.3, -0.25) is 9.20 Å². The van der Waals surface area contributed by atoms with E-state index in [4.69, 9.17) is 0 Å². The predicted octanol–water partition coefficient (Wildman–Crippen LogP) is 2.58. The number of nitrogens with zero attached hydrogens (tertiary/aromatic N) is 3. The van der Waals surface area contributed by atoms with E-state index < -0.39 is 0 Å². The van der Waals surface area contributed by atoms with Crippen LogP contribution in [-0.4, -0.2) is 26.1 Å². The van der Waals surface area contributed by atoms with Crippen molar-refractivity contribution in [2.75, 3.05) is 5.75 Å². The van der Waals surface area contributed by atoms with Crippen LogP contribution in [0.25, 0.3) is 5.65 Å². The first kappa shape index (κ1) is 11.7. The van der Waals surface area contributed by atoms with Gasteiger partial charge in [0.15, 0.2) is 10.8 Å². The fourth-order valence-corrected chi connectivity index (χ4v) is 3.32. The molecule has 3 rings (SSSR count). The molecule has 94 valence electrons. The average Bonchev–Trinajstić information content (AvgIpc) is 3.06. The molecule has 0 N–H and O–H groups in total. The van der Waals surface area contributed by atoms with E-state index in [1.807, 2.05) is 28.8 Å². The average molecular weight is 261 g/mol. The molecule has 4 nitrogen and oxygen atoms in total. The Morgan fingerprint density at radius 2 is 2.17 bits per heavy atom. The molecule has 1 fully saturated rings. The van der Waals surface area contributed by atoms with E-state index in [9.17, 15) is 4.79 Å². The molecular weight excluding hydrogens is 246 g/mol. The van der Waals surface area contributed by atoms with Crippen molar-refractivity contribution >= 4 is 23.2 Å². The number of thioether (sulfide) groups is 1. The minimum atomic E-state index is 0.289. The largest absolute Gasteiger partial charge is 0.298 e. The normalized spacial score (nSPS) is 16.4. The molecule has 0 saturated heterocycles. The van der Waals surface area contributed by atoms with Gasteiger partial charge < -0.3 is 0 Å². The molecule has 18 heavy (non-hydrogen) atoms. The van der Waals surface area contributed by atoms with E-state index in [0.29, 0.717) is 11.5 Å². The number of fused-ring (bicyclic) bond motifs is 1. The molecule has 0 aliphatic heterocycles. The number of hydrogen-bond donors (Lipinski definition) is 0. The van der Waals surface area contributed by atoms with Gasteiger partial charge in [-0.2, -0.15) is 0 Å². The predicted molar refractivity (Wildman–Crippen MR) is 70.7 cm³/mol. The molecule has 0 bridgehead atoms. The number of pyridine rings is 1. The number of carbonyl (C=O) groups excluding carboxylic acids is 1. The Kier molecular flexibility index (Phi) is 3.32. The van der Waals surface area contributed by atoms with Crippen molar-refractivity contribution < 1.29 is 4.79 Å². The molecule has 0 radical (unpaired) electrons. The van der Waals surface area contributed by atoms with E-state index in [-0.39, 0.29) is 5.92 Å². The van der Waals surface area contributed by atoms with Gasteiger partial charge >= 0.3 is 0 Å². The van der Waals surface area contributed by atoms with Gasteiger partial charge in [0.25, 0.3) is 0 Å². The molecule has 1 aliphatic rings. The van der Waals surface area contributed by atoms with E-state index in [1.165, 1.54) is 24.6 Å². The van der Waals surface area contributed by atoms with Gasteiger partial charge in [-0.15, -0.1) is 10.2 Å². The molecule has 2 aromatic rings. The summed E-state index contributed by atoms with van der Waals surface area (Å²) >= 11 is 1.49. The lowest BCUT2D eigenvalue weighted by Gasteiger charge is -2.06. The Morgan fingerprint density at radius 3 is 3.00 bits per heavy atom. The van der Waals surface area contributed by atoms with Gasteiger partial charge in [-0.25, -0.2) is 0 Å². The third kappa shape index (κ3) is 2.27. The van der Waals surface area contributed by atoms with Gasteiger partial charge in [0.2, 0.25) is 0 Å². The first-order chi connectivity index (χ1) is 8.84. The van der Waals surface area contributed by atoms with Crippen LogP contribution in [0.2, 0.25) is 0 Å². The minimum Gasteiger partial charge on any atom is -0.298 e. The Balaban J connectivity index is 1.67. The van der Waals surface area contributed by atoms with Crippen molar-refractivity contribution in [3.63, 3.8) is 0 Å². The molecule has 1 aliphatic carbocycles. The molecule has 0 atom stereocenters. The molecule has 1 saturated carbocycles. The Labute approximate surface area is 110 Å². The number of hydrogen-bond acceptors (Lipinski definition) is 4. The lowest BCUT2D eigenvalue weighted by atomic mass is 10.0. The number of Topliss-reactive ketones (excluding diaryl/α,β-unsaturated/α-hetero) is 1. The van der Waals surface area contributed by atoms with E-state index in [0.717, 1.165) is 23.6 Å². The Bertz CT molecular complexity index is 560. The first-order valence-corrected chi connectivity index (χ1v) is 7.28. The highest BCUT2D eigenvalue weighted by Crippen LogP contribution is 2.27. The molecule has 0 amide bonds. The van der Waals surface area contributed by atoms with Crippen molar-refractivity contribution in [2.24, 2.45) is 5.92 Å². The van der Waals surface area contributed by atoms with Crippen LogP contribution < -0.4 is 0 Å². The van der Waals surface area contributed by atoms with Crippen LogP contribution in [0.15, 0.2) is 29.6 Å². The summed E-state index contributed by atoms with van der Waals surface area (Å²) in [5, 5.41) is 9.00. The highest BCUT2D eigenvalue weighted by molar-refractivity contribution is 7.99. The molecule has 0 aromatic carbocycles. The molecule has 2 heterocycles. The van der Waals surface area contributed by atoms with Crippen LogP contribution in [0.3, 0.4) is 0 Å². The van der Waals surface area contributed by atoms with E-state index in [1.54, 1.807) is 0 Å². The third-order valence-electron chi connectivity index (χ3n) is 3.44. The summed E-state index contributed by atoms with van der Waals surface area (Å²) in [5.41, 5.74) is 0.827. The van der Waals surface area contributed by atoms with Gasteiger partial charge in [-0.05, 0) is 25.0 Å². The van der Waals surface area contributed by atoms with Crippen molar-refractivity contribution in [1.29, 1.82) is 0 Å². The van der Waals surface area contributed by atoms with Crippen LogP contribution in [0.4, 0.5) is 0 Å². The van der Waals surface area contributed by atoms with E-state index >= 15 is 0 Å². The standard InChI is InChI=1S/C13H15N3OS/c17-11(10-5-1-2-6-10)9-18-13-15-14-12-7-3-4-8-16(12)13/h3-4,7-8,10H,1-2,5-6,9H2. The number of rotatable bonds is 4. The molecule has 2 aromatic heterocycles. The highest BCUT2D eigenvalue weighted by Gasteiger charge is 2.22. The fraction of sp³-hybridized carbons (Fsp3) is 0.462. The van der Waals surface area contributed by atoms with Crippen molar-refractivity contribution in [3.05, 3.63) is 24.4 Å². The maximum atomic E-state index is 12.0. The van der Waals surface area contributed by atoms with Gasteiger partial charge in [0, 0.05) is 12.1 Å². The van der Waals surface area contributed by atoms with Gasteiger partial charge in [0.05, 0.1) is 5.75 Å². The quantitative estimate of drug-likeness (QED) is 0.794. The van der Waals surface area contributed by atoms with Crippen LogP contribution >= 0.6 is 11.8 Å². The number of ketones is 1. The number of aromatic nitrogens is 3. The molecule has 0 spiro atoms. The summed E-state index contributed by atoms with van der Waals surface area (Å²) in [6.07, 6.45) is 6.47. The second-order valence-electron chi connectivity index (χ2n) is 4.65. The maximum Gasteiger partial charge on any atom is 0.196 e. The van der Waals surface area contributed by atoms with Crippen molar-refractivity contribution in [2.45, 2.75) is 30.8 Å². The molecular formula is C13H15N3OS. The first-order valence-electron chi connectivity index (χ1n) is 6.30. The third-order valence-corrected chi connectivity index (χ3v) is 4.40. The zero-order chi connectivity index (χ0) is 12.4. The SMILES string of the molecule is O=C(CSc1nnc2ccccn12)C1CCCC1. The Hall–Kier alpha value is -1.36. The summed E-state index contributed by atoms with van der Waals surface area (Å²) < 4.78 is 1.92. The summed E-state index contributed by atoms with van der Waals surface area (Å²) in [7, 11) is 0. The monoisotopic (exact) mass is 261 g/mol. The van der Waals surface area contributed by atoms with Gasteiger partial charge in [0.1, 0.15) is 5.78 Å². The summed E-state index contributed by atoms with van der Waals surface area (Å²) in [4.78, 5) is 12.0. The van der Waals surface area contributed by atoms with Crippen LogP contribution in [0, 0.1) is 5.92 Å². The molecule has 0 unspecified atom stereocenters. The molecule has 5 heteroatoms. The van der Waals surface area contributed by atoms with Crippen molar-refractivity contribution in [1.82, 2.24) is 14.6 Å². The minimum absolute atomic E-state index is 0.289. The maximum absolute atomic E-state index is 12.0. The zero-order valence-corrected chi connectivity index (χ0v) is 10.9. The van der Waals surface area contributed by atoms with E-state index in [2.05, 4.69) is 10.2 Å². The highest BCUT2D eigenvalue weighted by atomic mass is 32.2.